The van der Waals surface area contributed by atoms with Gasteiger partial charge in [-0.2, -0.15) is 13.2 Å². The molecule has 2 atom stereocenters. The number of hydrogen-bond acceptors (Lipinski definition) is 1. The normalized spacial score (nSPS) is 15.2. The second-order valence-electron chi connectivity index (χ2n) is 5.66. The van der Waals surface area contributed by atoms with Crippen LogP contribution in [0.2, 0.25) is 0 Å². The SMILES string of the molecule is Cc1ccc(C(C)NC(C)CCCC(F)(F)F)c(C)c1. The van der Waals surface area contributed by atoms with Crippen molar-refractivity contribution in [3.05, 3.63) is 34.9 Å². The predicted octanol–water partition coefficient (Wildman–Crippen LogP) is 5.08. The number of benzene rings is 1. The van der Waals surface area contributed by atoms with Gasteiger partial charge in [0.15, 0.2) is 0 Å². The van der Waals surface area contributed by atoms with Gasteiger partial charge in [0.05, 0.1) is 0 Å². The van der Waals surface area contributed by atoms with E-state index in [0.29, 0.717) is 6.42 Å². The first kappa shape index (κ1) is 17.0. The van der Waals surface area contributed by atoms with Crippen molar-refractivity contribution < 1.29 is 13.2 Å². The van der Waals surface area contributed by atoms with E-state index >= 15 is 0 Å². The molecule has 0 aromatic heterocycles. The van der Waals surface area contributed by atoms with Crippen molar-refractivity contribution in [1.82, 2.24) is 5.32 Å². The summed E-state index contributed by atoms with van der Waals surface area (Å²) in [6.45, 7) is 8.11. The average molecular weight is 287 g/mol. The van der Waals surface area contributed by atoms with E-state index in [2.05, 4.69) is 44.3 Å². The summed E-state index contributed by atoms with van der Waals surface area (Å²) >= 11 is 0. The summed E-state index contributed by atoms with van der Waals surface area (Å²) in [5, 5.41) is 3.38. The highest BCUT2D eigenvalue weighted by Crippen LogP contribution is 2.24. The summed E-state index contributed by atoms with van der Waals surface area (Å²) < 4.78 is 36.3. The fourth-order valence-electron chi connectivity index (χ4n) is 2.52. The molecule has 0 fully saturated rings. The van der Waals surface area contributed by atoms with E-state index in [-0.39, 0.29) is 18.5 Å². The molecule has 1 aromatic carbocycles. The Hall–Kier alpha value is -1.03. The van der Waals surface area contributed by atoms with Crippen LogP contribution >= 0.6 is 0 Å². The standard InChI is InChI=1S/C16H24F3N/c1-11-7-8-15(12(2)10-11)14(4)20-13(3)6-5-9-16(17,18)19/h7-8,10,13-14,20H,5-6,9H2,1-4H3. The van der Waals surface area contributed by atoms with Gasteiger partial charge >= 0.3 is 6.18 Å². The Labute approximate surface area is 119 Å². The topological polar surface area (TPSA) is 12.0 Å². The van der Waals surface area contributed by atoms with Crippen molar-refractivity contribution in [2.45, 2.75) is 65.2 Å². The zero-order valence-electron chi connectivity index (χ0n) is 12.6. The van der Waals surface area contributed by atoms with Gasteiger partial charge in [0.25, 0.3) is 0 Å². The van der Waals surface area contributed by atoms with E-state index in [1.807, 2.05) is 6.92 Å². The Kier molecular flexibility index (Phi) is 6.06. The van der Waals surface area contributed by atoms with Gasteiger partial charge in [0.1, 0.15) is 0 Å². The number of halogens is 3. The maximum atomic E-state index is 12.1. The monoisotopic (exact) mass is 287 g/mol. The van der Waals surface area contributed by atoms with Crippen LogP contribution in [0.4, 0.5) is 13.2 Å². The summed E-state index contributed by atoms with van der Waals surface area (Å²) in [6, 6.07) is 6.51. The third kappa shape index (κ3) is 5.95. The molecule has 1 rings (SSSR count). The minimum absolute atomic E-state index is 0.0769. The van der Waals surface area contributed by atoms with E-state index < -0.39 is 12.6 Å². The molecule has 0 aliphatic carbocycles. The fourth-order valence-corrected chi connectivity index (χ4v) is 2.52. The highest BCUT2D eigenvalue weighted by molar-refractivity contribution is 5.32. The van der Waals surface area contributed by atoms with Crippen LogP contribution in [0.15, 0.2) is 18.2 Å². The van der Waals surface area contributed by atoms with Crippen LogP contribution in [0, 0.1) is 13.8 Å². The second kappa shape index (κ2) is 7.11. The van der Waals surface area contributed by atoms with Crippen LogP contribution in [0.3, 0.4) is 0 Å². The van der Waals surface area contributed by atoms with Gasteiger partial charge in [-0.25, -0.2) is 0 Å². The zero-order chi connectivity index (χ0) is 15.3. The number of alkyl halides is 3. The molecule has 2 unspecified atom stereocenters. The molecule has 0 bridgehead atoms. The Morgan fingerprint density at radius 3 is 2.35 bits per heavy atom. The first-order valence-electron chi connectivity index (χ1n) is 7.09. The smallest absolute Gasteiger partial charge is 0.308 e. The Balaban J connectivity index is 2.47. The van der Waals surface area contributed by atoms with E-state index in [1.165, 1.54) is 16.7 Å². The second-order valence-corrected chi connectivity index (χ2v) is 5.66. The van der Waals surface area contributed by atoms with Crippen molar-refractivity contribution in [2.24, 2.45) is 0 Å². The minimum Gasteiger partial charge on any atom is -0.308 e. The fraction of sp³-hybridized carbons (Fsp3) is 0.625. The summed E-state index contributed by atoms with van der Waals surface area (Å²) in [7, 11) is 0. The van der Waals surface area contributed by atoms with Crippen LogP contribution in [0.1, 0.15) is 55.8 Å². The van der Waals surface area contributed by atoms with Gasteiger partial charge < -0.3 is 5.32 Å². The van der Waals surface area contributed by atoms with Crippen LogP contribution in [0.5, 0.6) is 0 Å². The van der Waals surface area contributed by atoms with E-state index in [1.54, 1.807) is 0 Å². The lowest BCUT2D eigenvalue weighted by atomic mass is 9.99. The van der Waals surface area contributed by atoms with Gasteiger partial charge in [0.2, 0.25) is 0 Å². The summed E-state index contributed by atoms with van der Waals surface area (Å²) in [5.41, 5.74) is 3.64. The Morgan fingerprint density at radius 1 is 1.15 bits per heavy atom. The highest BCUT2D eigenvalue weighted by Gasteiger charge is 2.26. The molecule has 0 radical (unpaired) electrons. The molecule has 0 amide bonds. The highest BCUT2D eigenvalue weighted by atomic mass is 19.4. The van der Waals surface area contributed by atoms with Crippen molar-refractivity contribution in [3.8, 4) is 0 Å². The minimum atomic E-state index is -4.04. The molecule has 0 saturated heterocycles. The molecule has 0 heterocycles. The number of aryl methyl sites for hydroxylation is 2. The van der Waals surface area contributed by atoms with Gasteiger partial charge in [-0.1, -0.05) is 23.8 Å². The zero-order valence-corrected chi connectivity index (χ0v) is 12.6. The molecule has 1 aromatic rings. The van der Waals surface area contributed by atoms with Gasteiger partial charge in [-0.3, -0.25) is 0 Å². The Bertz CT molecular complexity index is 426. The third-order valence-electron chi connectivity index (χ3n) is 3.52. The van der Waals surface area contributed by atoms with Crippen molar-refractivity contribution in [3.63, 3.8) is 0 Å². The largest absolute Gasteiger partial charge is 0.389 e. The third-order valence-corrected chi connectivity index (χ3v) is 3.52. The molecule has 0 aliphatic rings. The molecule has 0 spiro atoms. The van der Waals surface area contributed by atoms with Crippen molar-refractivity contribution >= 4 is 0 Å². The van der Waals surface area contributed by atoms with Crippen LogP contribution in [-0.4, -0.2) is 12.2 Å². The first-order chi connectivity index (χ1) is 9.19. The van der Waals surface area contributed by atoms with Crippen molar-refractivity contribution in [2.75, 3.05) is 0 Å². The molecule has 0 aliphatic heterocycles. The lowest BCUT2D eigenvalue weighted by Gasteiger charge is -2.22. The number of rotatable bonds is 6. The molecule has 1 nitrogen and oxygen atoms in total. The quantitative estimate of drug-likeness (QED) is 0.769. The lowest BCUT2D eigenvalue weighted by Crippen LogP contribution is -2.29. The summed E-state index contributed by atoms with van der Waals surface area (Å²) in [4.78, 5) is 0. The Morgan fingerprint density at radius 2 is 1.80 bits per heavy atom. The van der Waals surface area contributed by atoms with Crippen LogP contribution < -0.4 is 5.32 Å². The maximum absolute atomic E-state index is 12.1. The number of nitrogens with one attached hydrogen (secondary N) is 1. The van der Waals surface area contributed by atoms with Crippen molar-refractivity contribution in [1.29, 1.82) is 0 Å². The van der Waals surface area contributed by atoms with Gasteiger partial charge in [-0.05, 0) is 51.7 Å². The van der Waals surface area contributed by atoms with Gasteiger partial charge in [-0.15, -0.1) is 0 Å². The lowest BCUT2D eigenvalue weighted by molar-refractivity contribution is -0.135. The summed E-state index contributed by atoms with van der Waals surface area (Å²) in [6.07, 6.45) is -4.03. The van der Waals surface area contributed by atoms with Crippen LogP contribution in [0.25, 0.3) is 0 Å². The number of hydrogen-bond donors (Lipinski definition) is 1. The molecule has 4 heteroatoms. The predicted molar refractivity (Wildman–Crippen MR) is 76.8 cm³/mol. The molecular formula is C16H24F3N. The van der Waals surface area contributed by atoms with E-state index in [0.717, 1.165) is 0 Å². The van der Waals surface area contributed by atoms with E-state index in [4.69, 9.17) is 0 Å². The molecule has 1 N–H and O–H groups in total. The summed E-state index contributed by atoms with van der Waals surface area (Å²) in [5.74, 6) is 0. The first-order valence-corrected chi connectivity index (χ1v) is 7.09. The molecular weight excluding hydrogens is 263 g/mol. The van der Waals surface area contributed by atoms with Gasteiger partial charge in [0, 0.05) is 18.5 Å². The molecule has 0 saturated carbocycles. The van der Waals surface area contributed by atoms with E-state index in [9.17, 15) is 13.2 Å². The van der Waals surface area contributed by atoms with Crippen LogP contribution in [-0.2, 0) is 0 Å². The molecule has 20 heavy (non-hydrogen) atoms. The maximum Gasteiger partial charge on any atom is 0.389 e. The average Bonchev–Trinajstić information content (AvgIpc) is 2.26. The molecule has 114 valence electrons.